The maximum absolute atomic E-state index is 12.2. The van der Waals surface area contributed by atoms with E-state index in [1.807, 2.05) is 18.4 Å². The van der Waals surface area contributed by atoms with Crippen molar-refractivity contribution in [3.8, 4) is 11.5 Å². The van der Waals surface area contributed by atoms with Crippen LogP contribution in [0.15, 0.2) is 35.6 Å². The van der Waals surface area contributed by atoms with E-state index in [1.165, 1.54) is 11.8 Å². The predicted octanol–water partition coefficient (Wildman–Crippen LogP) is 2.82. The number of carbonyl (C=O) groups is 1. The predicted molar refractivity (Wildman–Crippen MR) is 122 cm³/mol. The van der Waals surface area contributed by atoms with Crippen molar-refractivity contribution in [2.45, 2.75) is 25.5 Å². The Morgan fingerprint density at radius 2 is 2.00 bits per heavy atom. The summed E-state index contributed by atoms with van der Waals surface area (Å²) in [7, 11) is 1.56. The number of hydrogen-bond donors (Lipinski definition) is 2. The second kappa shape index (κ2) is 10.9. The van der Waals surface area contributed by atoms with Gasteiger partial charge in [0.1, 0.15) is 5.82 Å². The fourth-order valence-corrected chi connectivity index (χ4v) is 3.22. The summed E-state index contributed by atoms with van der Waals surface area (Å²) in [6, 6.07) is 7.21. The maximum atomic E-state index is 12.2. The lowest BCUT2D eigenvalue weighted by atomic mass is 10.2. The number of para-hydroxylation sites is 2. The Morgan fingerprint density at radius 1 is 1.23 bits per heavy atom. The molecule has 2 aromatic heterocycles. The highest BCUT2D eigenvalue weighted by molar-refractivity contribution is 7.98. The first-order chi connectivity index (χ1) is 15.0. The molecule has 2 N–H and O–H groups in total. The molecule has 31 heavy (non-hydrogen) atoms. The van der Waals surface area contributed by atoms with E-state index >= 15 is 0 Å². The average Bonchev–Trinajstić information content (AvgIpc) is 3.19. The molecule has 1 amide bonds. The van der Waals surface area contributed by atoms with Crippen molar-refractivity contribution in [1.82, 2.24) is 25.1 Å². The number of anilines is 1. The number of nitrogens with one attached hydrogen (secondary N) is 2. The summed E-state index contributed by atoms with van der Waals surface area (Å²) in [5.74, 6) is 2.17. The van der Waals surface area contributed by atoms with Crippen LogP contribution in [0.25, 0.3) is 11.0 Å². The highest BCUT2D eigenvalue weighted by Crippen LogP contribution is 2.25. The minimum absolute atomic E-state index is 0.0949. The van der Waals surface area contributed by atoms with E-state index in [2.05, 4.69) is 39.5 Å². The first-order valence-corrected chi connectivity index (χ1v) is 11.3. The third-order valence-electron chi connectivity index (χ3n) is 4.41. The van der Waals surface area contributed by atoms with Crippen LogP contribution in [0.1, 0.15) is 13.8 Å². The molecule has 0 aliphatic carbocycles. The highest BCUT2D eigenvalue weighted by atomic mass is 32.2. The third kappa shape index (κ3) is 6.00. The van der Waals surface area contributed by atoms with Crippen LogP contribution in [0, 0.1) is 5.92 Å². The molecule has 2 heterocycles. The number of fused-ring (bicyclic) bond motifs is 1. The molecule has 166 valence electrons. The molecular formula is C21H28N6O3S. The lowest BCUT2D eigenvalue weighted by Crippen LogP contribution is -2.31. The molecule has 0 aliphatic rings. The summed E-state index contributed by atoms with van der Waals surface area (Å²) >= 11 is 1.48. The van der Waals surface area contributed by atoms with Gasteiger partial charge in [0.05, 0.1) is 25.2 Å². The van der Waals surface area contributed by atoms with Crippen LogP contribution >= 0.6 is 11.8 Å². The molecule has 0 fully saturated rings. The number of thioether (sulfide) groups is 1. The van der Waals surface area contributed by atoms with E-state index in [1.54, 1.807) is 30.1 Å². The molecule has 0 aliphatic heterocycles. The zero-order valence-corrected chi connectivity index (χ0v) is 19.0. The molecule has 0 radical (unpaired) electrons. The van der Waals surface area contributed by atoms with E-state index < -0.39 is 0 Å². The van der Waals surface area contributed by atoms with Crippen molar-refractivity contribution in [3.05, 3.63) is 30.5 Å². The van der Waals surface area contributed by atoms with Gasteiger partial charge >= 0.3 is 0 Å². The minimum atomic E-state index is -0.221. The van der Waals surface area contributed by atoms with Crippen LogP contribution in [0.5, 0.6) is 11.5 Å². The van der Waals surface area contributed by atoms with Crippen molar-refractivity contribution in [2.75, 3.05) is 38.4 Å². The molecular weight excluding hydrogens is 416 g/mol. The Hall–Kier alpha value is -3.01. The zero-order valence-electron chi connectivity index (χ0n) is 18.2. The van der Waals surface area contributed by atoms with Crippen LogP contribution in [0.4, 0.5) is 5.82 Å². The van der Waals surface area contributed by atoms with E-state index in [9.17, 15) is 4.79 Å². The van der Waals surface area contributed by atoms with Crippen LogP contribution < -0.4 is 20.1 Å². The van der Waals surface area contributed by atoms with Crippen molar-refractivity contribution < 1.29 is 14.3 Å². The lowest BCUT2D eigenvalue weighted by Gasteiger charge is -2.11. The van der Waals surface area contributed by atoms with Gasteiger partial charge in [-0.2, -0.15) is 5.10 Å². The smallest absolute Gasteiger partial charge is 0.258 e. The van der Waals surface area contributed by atoms with Gasteiger partial charge in [-0.1, -0.05) is 37.7 Å². The SMILES string of the molecule is COc1ccccc1OCC(=O)NCCn1ncc2c(NCC(C)C)nc(SC)nc21. The lowest BCUT2D eigenvalue weighted by molar-refractivity contribution is -0.123. The molecule has 3 aromatic rings. The number of methoxy groups -OCH3 is 1. The Morgan fingerprint density at radius 3 is 2.71 bits per heavy atom. The molecule has 0 unspecified atom stereocenters. The third-order valence-corrected chi connectivity index (χ3v) is 4.96. The number of carbonyl (C=O) groups excluding carboxylic acids is 1. The van der Waals surface area contributed by atoms with Crippen molar-refractivity contribution in [3.63, 3.8) is 0 Å². The van der Waals surface area contributed by atoms with E-state index in [-0.39, 0.29) is 12.5 Å². The van der Waals surface area contributed by atoms with Crippen LogP contribution in [0.3, 0.4) is 0 Å². The van der Waals surface area contributed by atoms with Gasteiger partial charge < -0.3 is 20.1 Å². The first-order valence-electron chi connectivity index (χ1n) is 10.1. The van der Waals surface area contributed by atoms with Crippen molar-refractivity contribution in [2.24, 2.45) is 5.92 Å². The van der Waals surface area contributed by atoms with Gasteiger partial charge in [-0.3, -0.25) is 4.79 Å². The van der Waals surface area contributed by atoms with Crippen molar-refractivity contribution >= 4 is 34.5 Å². The summed E-state index contributed by atoms with van der Waals surface area (Å²) in [5, 5.41) is 12.2. The molecule has 3 rings (SSSR count). The first kappa shape index (κ1) is 22.7. The average molecular weight is 445 g/mol. The van der Waals surface area contributed by atoms with Crippen LogP contribution in [-0.4, -0.2) is 58.7 Å². The fraction of sp³-hybridized carbons (Fsp3) is 0.429. The number of nitrogens with zero attached hydrogens (tertiary/aromatic N) is 4. The Kier molecular flexibility index (Phi) is 7.94. The van der Waals surface area contributed by atoms with Gasteiger partial charge in [0.25, 0.3) is 5.91 Å². The normalized spacial score (nSPS) is 11.0. The molecule has 0 saturated heterocycles. The van der Waals surface area contributed by atoms with Crippen LogP contribution in [-0.2, 0) is 11.3 Å². The van der Waals surface area contributed by atoms with Crippen LogP contribution in [0.2, 0.25) is 0 Å². The number of rotatable bonds is 11. The Balaban J connectivity index is 1.59. The van der Waals surface area contributed by atoms with Crippen molar-refractivity contribution in [1.29, 1.82) is 0 Å². The Bertz CT molecular complexity index is 1020. The standard InChI is InChI=1S/C21H28N6O3S/c1-14(2)11-23-19-15-12-24-27(20(15)26-21(25-19)31-4)10-9-22-18(28)13-30-17-8-6-5-7-16(17)29-3/h5-8,12,14H,9-11,13H2,1-4H3,(H,22,28)(H,23,25,26). The zero-order chi connectivity index (χ0) is 22.2. The molecule has 9 nitrogen and oxygen atoms in total. The van der Waals surface area contributed by atoms with E-state index in [4.69, 9.17) is 9.47 Å². The number of aromatic nitrogens is 4. The summed E-state index contributed by atoms with van der Waals surface area (Å²) in [5.41, 5.74) is 0.741. The summed E-state index contributed by atoms with van der Waals surface area (Å²) in [6.45, 7) is 5.89. The number of benzene rings is 1. The molecule has 10 heteroatoms. The summed E-state index contributed by atoms with van der Waals surface area (Å²) in [4.78, 5) is 21.3. The number of amides is 1. The highest BCUT2D eigenvalue weighted by Gasteiger charge is 2.13. The van der Waals surface area contributed by atoms with Gasteiger partial charge in [0.15, 0.2) is 28.9 Å². The minimum Gasteiger partial charge on any atom is -0.493 e. The quantitative estimate of drug-likeness (QED) is 0.344. The van der Waals surface area contributed by atoms with E-state index in [0.29, 0.717) is 35.7 Å². The number of ether oxygens (including phenoxy) is 2. The number of hydrogen-bond acceptors (Lipinski definition) is 8. The van der Waals surface area contributed by atoms with Gasteiger partial charge in [-0.05, 0) is 24.3 Å². The molecule has 0 bridgehead atoms. The van der Waals surface area contributed by atoms with Gasteiger partial charge in [0, 0.05) is 13.1 Å². The monoisotopic (exact) mass is 444 g/mol. The molecule has 0 saturated carbocycles. The van der Waals surface area contributed by atoms with Gasteiger partial charge in [0.2, 0.25) is 0 Å². The van der Waals surface area contributed by atoms with E-state index in [0.717, 1.165) is 23.4 Å². The maximum Gasteiger partial charge on any atom is 0.258 e. The molecule has 0 spiro atoms. The summed E-state index contributed by atoms with van der Waals surface area (Å²) < 4.78 is 12.5. The summed E-state index contributed by atoms with van der Waals surface area (Å²) in [6.07, 6.45) is 3.70. The van der Waals surface area contributed by atoms with Gasteiger partial charge in [-0.25, -0.2) is 14.6 Å². The van der Waals surface area contributed by atoms with Gasteiger partial charge in [-0.15, -0.1) is 0 Å². The topological polar surface area (TPSA) is 103 Å². The Labute approximate surface area is 185 Å². The second-order valence-corrected chi connectivity index (χ2v) is 8.00. The molecule has 1 aromatic carbocycles. The second-order valence-electron chi connectivity index (χ2n) is 7.23. The fourth-order valence-electron chi connectivity index (χ4n) is 2.86. The molecule has 0 atom stereocenters. The largest absolute Gasteiger partial charge is 0.493 e.